The molecule has 1 aliphatic heterocycles. The van der Waals surface area contributed by atoms with Gasteiger partial charge in [0.15, 0.2) is 11.5 Å². The topological polar surface area (TPSA) is 111 Å². The van der Waals surface area contributed by atoms with Gasteiger partial charge in [0, 0.05) is 12.1 Å². The lowest BCUT2D eigenvalue weighted by molar-refractivity contribution is -0.384. The van der Waals surface area contributed by atoms with Gasteiger partial charge >= 0.3 is 0 Å². The summed E-state index contributed by atoms with van der Waals surface area (Å²) >= 11 is 2.08. The number of nitrogens with zero attached hydrogens (tertiary/aromatic N) is 2. The van der Waals surface area contributed by atoms with Crippen LogP contribution >= 0.6 is 22.6 Å². The molecule has 0 radical (unpaired) electrons. The van der Waals surface area contributed by atoms with Crippen LogP contribution in [0.3, 0.4) is 0 Å². The Morgan fingerprint density at radius 3 is 2.44 bits per heavy atom. The van der Waals surface area contributed by atoms with Crippen LogP contribution in [0.15, 0.2) is 72.3 Å². The van der Waals surface area contributed by atoms with Crippen molar-refractivity contribution in [1.82, 2.24) is 5.43 Å². The number of para-hydroxylation sites is 1. The summed E-state index contributed by atoms with van der Waals surface area (Å²) in [5.41, 5.74) is 4.49. The lowest BCUT2D eigenvalue weighted by atomic mass is 10.1. The number of hydrogen-bond donors (Lipinski definition) is 1. The normalized spacial score (nSPS) is 14.3. The molecular formula is C24H18IN3O6. The van der Waals surface area contributed by atoms with E-state index in [0.29, 0.717) is 26.3 Å². The Morgan fingerprint density at radius 2 is 1.79 bits per heavy atom. The molecule has 9 nitrogen and oxygen atoms in total. The lowest BCUT2D eigenvalue weighted by Crippen LogP contribution is -2.35. The fourth-order valence-corrected chi connectivity index (χ4v) is 4.10. The number of carbonyl (C=O) groups excluding carboxylic acids is 2. The molecule has 0 atom stereocenters. The number of hydrazine groups is 1. The Balaban J connectivity index is 1.55. The highest BCUT2D eigenvalue weighted by Crippen LogP contribution is 2.35. The number of rotatable bonds is 7. The van der Waals surface area contributed by atoms with E-state index in [1.54, 1.807) is 48.5 Å². The SMILES string of the molecule is COc1cc(/C=C2/C(=O)NN(c3ccccc3)C2=O)cc(I)c1OCc1ccc([N+](=O)[O-])cc1. The maximum atomic E-state index is 12.8. The van der Waals surface area contributed by atoms with Gasteiger partial charge in [0.1, 0.15) is 12.2 Å². The van der Waals surface area contributed by atoms with Crippen LogP contribution < -0.4 is 19.9 Å². The Hall–Kier alpha value is -3.93. The standard InChI is InChI=1S/C24H18IN3O6/c1-33-21-13-16(11-19-23(29)26-27(24(19)30)17-5-3-2-4-6-17)12-20(25)22(21)34-14-15-7-9-18(10-8-15)28(31)32/h2-13H,14H2,1H3,(H,26,29)/b19-11-. The van der Waals surface area contributed by atoms with Crippen molar-refractivity contribution < 1.29 is 24.0 Å². The van der Waals surface area contributed by atoms with Crippen LogP contribution in [0.25, 0.3) is 6.08 Å². The summed E-state index contributed by atoms with van der Waals surface area (Å²) in [5, 5.41) is 12.0. The van der Waals surface area contributed by atoms with Gasteiger partial charge in [-0.05, 0) is 76.2 Å². The summed E-state index contributed by atoms with van der Waals surface area (Å²) in [5.74, 6) is -0.0480. The number of nitro benzene ring substituents is 1. The number of benzene rings is 3. The zero-order valence-corrected chi connectivity index (χ0v) is 20.0. The number of methoxy groups -OCH3 is 1. The molecule has 1 saturated heterocycles. The van der Waals surface area contributed by atoms with Crippen LogP contribution in [0.1, 0.15) is 11.1 Å². The van der Waals surface area contributed by atoms with Gasteiger partial charge in [0.2, 0.25) is 0 Å². The first-order valence-corrected chi connectivity index (χ1v) is 11.1. The molecule has 2 amide bonds. The highest BCUT2D eigenvalue weighted by atomic mass is 127. The fraction of sp³-hybridized carbons (Fsp3) is 0.0833. The number of anilines is 1. The largest absolute Gasteiger partial charge is 0.493 e. The second-order valence-corrected chi connectivity index (χ2v) is 8.38. The second-order valence-electron chi connectivity index (χ2n) is 7.22. The minimum absolute atomic E-state index is 0.00116. The van der Waals surface area contributed by atoms with E-state index in [1.165, 1.54) is 30.3 Å². The minimum atomic E-state index is -0.499. The molecule has 10 heteroatoms. The van der Waals surface area contributed by atoms with Crippen LogP contribution in [0, 0.1) is 13.7 Å². The van der Waals surface area contributed by atoms with E-state index in [-0.39, 0.29) is 17.9 Å². The summed E-state index contributed by atoms with van der Waals surface area (Å²) in [4.78, 5) is 35.6. The maximum Gasteiger partial charge on any atom is 0.282 e. The summed E-state index contributed by atoms with van der Waals surface area (Å²) < 4.78 is 12.1. The first-order valence-electron chi connectivity index (χ1n) is 10.0. The maximum absolute atomic E-state index is 12.8. The van der Waals surface area contributed by atoms with Gasteiger partial charge < -0.3 is 9.47 Å². The summed E-state index contributed by atoms with van der Waals surface area (Å²) in [7, 11) is 1.49. The summed E-state index contributed by atoms with van der Waals surface area (Å²) in [6, 6.07) is 18.4. The molecule has 0 saturated carbocycles. The summed E-state index contributed by atoms with van der Waals surface area (Å²) in [6.07, 6.45) is 1.51. The van der Waals surface area contributed by atoms with Crippen molar-refractivity contribution in [2.45, 2.75) is 6.61 Å². The third kappa shape index (κ3) is 4.86. The third-order valence-corrected chi connectivity index (χ3v) is 5.80. The fourth-order valence-electron chi connectivity index (χ4n) is 3.32. The van der Waals surface area contributed by atoms with Gasteiger partial charge in [0.25, 0.3) is 17.5 Å². The molecule has 0 bridgehead atoms. The number of carbonyl (C=O) groups is 2. The number of halogens is 1. The Kier molecular flexibility index (Phi) is 6.77. The van der Waals surface area contributed by atoms with Crippen molar-refractivity contribution in [2.24, 2.45) is 0 Å². The highest BCUT2D eigenvalue weighted by molar-refractivity contribution is 14.1. The molecular weight excluding hydrogens is 553 g/mol. The molecule has 1 fully saturated rings. The Morgan fingerprint density at radius 1 is 1.09 bits per heavy atom. The molecule has 3 aromatic carbocycles. The van der Waals surface area contributed by atoms with Gasteiger partial charge in [0.05, 0.1) is 21.3 Å². The Labute approximate surface area is 208 Å². The molecule has 1 N–H and O–H groups in total. The van der Waals surface area contributed by atoms with Crippen molar-refractivity contribution in [3.05, 3.63) is 97.1 Å². The zero-order valence-electron chi connectivity index (χ0n) is 17.9. The van der Waals surface area contributed by atoms with Gasteiger partial charge in [-0.2, -0.15) is 0 Å². The molecule has 1 aliphatic rings. The lowest BCUT2D eigenvalue weighted by Gasteiger charge is -2.14. The van der Waals surface area contributed by atoms with E-state index in [0.717, 1.165) is 5.56 Å². The summed E-state index contributed by atoms with van der Waals surface area (Å²) in [6.45, 7) is 0.178. The Bertz CT molecular complexity index is 1290. The predicted octanol–water partition coefficient (Wildman–Crippen LogP) is 4.25. The molecule has 0 aromatic heterocycles. The van der Waals surface area contributed by atoms with Gasteiger partial charge in [-0.25, -0.2) is 5.01 Å². The average Bonchev–Trinajstić information content (AvgIpc) is 3.12. The highest BCUT2D eigenvalue weighted by Gasteiger charge is 2.34. The van der Waals surface area contributed by atoms with Crippen molar-refractivity contribution in [3.8, 4) is 11.5 Å². The van der Waals surface area contributed by atoms with Crippen LogP contribution in [0.5, 0.6) is 11.5 Å². The molecule has 34 heavy (non-hydrogen) atoms. The average molecular weight is 571 g/mol. The van der Waals surface area contributed by atoms with Crippen molar-refractivity contribution in [3.63, 3.8) is 0 Å². The molecule has 1 heterocycles. The van der Waals surface area contributed by atoms with Crippen molar-refractivity contribution in [1.29, 1.82) is 0 Å². The van der Waals surface area contributed by atoms with Gasteiger partial charge in [-0.1, -0.05) is 18.2 Å². The molecule has 0 aliphatic carbocycles. The number of non-ortho nitro benzene ring substituents is 1. The number of nitrogens with one attached hydrogen (secondary N) is 1. The van der Waals surface area contributed by atoms with E-state index < -0.39 is 16.7 Å². The van der Waals surface area contributed by atoms with Crippen LogP contribution in [0.2, 0.25) is 0 Å². The van der Waals surface area contributed by atoms with Gasteiger partial charge in [-0.15, -0.1) is 0 Å². The van der Waals surface area contributed by atoms with E-state index in [2.05, 4.69) is 28.0 Å². The smallest absolute Gasteiger partial charge is 0.282 e. The molecule has 3 aromatic rings. The van der Waals surface area contributed by atoms with Crippen LogP contribution in [0.4, 0.5) is 11.4 Å². The first kappa shape index (κ1) is 23.2. The molecule has 0 spiro atoms. The zero-order chi connectivity index (χ0) is 24.2. The third-order valence-electron chi connectivity index (χ3n) is 5.00. The second kappa shape index (κ2) is 9.91. The monoisotopic (exact) mass is 571 g/mol. The minimum Gasteiger partial charge on any atom is -0.493 e. The van der Waals surface area contributed by atoms with Crippen molar-refractivity contribution >= 4 is 51.9 Å². The van der Waals surface area contributed by atoms with Crippen LogP contribution in [-0.2, 0) is 16.2 Å². The number of amides is 2. The van der Waals surface area contributed by atoms with Gasteiger partial charge in [-0.3, -0.25) is 25.1 Å². The van der Waals surface area contributed by atoms with E-state index in [4.69, 9.17) is 9.47 Å². The van der Waals surface area contributed by atoms with E-state index >= 15 is 0 Å². The molecule has 172 valence electrons. The van der Waals surface area contributed by atoms with Crippen LogP contribution in [-0.4, -0.2) is 23.8 Å². The molecule has 0 unspecified atom stereocenters. The predicted molar refractivity (Wildman–Crippen MR) is 133 cm³/mol. The molecule has 4 rings (SSSR count). The van der Waals surface area contributed by atoms with Crippen molar-refractivity contribution in [2.75, 3.05) is 12.1 Å². The first-order chi connectivity index (χ1) is 16.4. The number of nitro groups is 1. The van der Waals surface area contributed by atoms with E-state index in [9.17, 15) is 19.7 Å². The number of hydrogen-bond acceptors (Lipinski definition) is 6. The quantitative estimate of drug-likeness (QED) is 0.149. The van der Waals surface area contributed by atoms with E-state index in [1.807, 2.05) is 6.07 Å². The number of ether oxygens (including phenoxy) is 2.